The van der Waals surface area contributed by atoms with Gasteiger partial charge in [-0.15, -0.1) is 0 Å². The normalized spacial score (nSPS) is 11.0. The minimum absolute atomic E-state index is 0.00840. The quantitative estimate of drug-likeness (QED) is 0.662. The van der Waals surface area contributed by atoms with Crippen LogP contribution in [0.15, 0.2) is 53.3 Å². The second kappa shape index (κ2) is 8.85. The SMILES string of the molecule is CCc1ccc2[nH]c(=O)c(CN(CCCO)C(=O)c3cccc(C)c3)cc2c1. The molecule has 0 aliphatic rings. The number of aliphatic hydroxyl groups is 1. The van der Waals surface area contributed by atoms with Crippen molar-refractivity contribution < 1.29 is 9.90 Å². The minimum Gasteiger partial charge on any atom is -0.396 e. The number of amides is 1. The summed E-state index contributed by atoms with van der Waals surface area (Å²) < 4.78 is 0. The van der Waals surface area contributed by atoms with Crippen LogP contribution >= 0.6 is 0 Å². The first-order valence-corrected chi connectivity index (χ1v) is 9.63. The highest BCUT2D eigenvalue weighted by Gasteiger charge is 2.18. The van der Waals surface area contributed by atoms with Gasteiger partial charge in [0.15, 0.2) is 0 Å². The maximum atomic E-state index is 13.0. The molecular weight excluding hydrogens is 352 g/mol. The van der Waals surface area contributed by atoms with E-state index >= 15 is 0 Å². The number of rotatable bonds is 7. The van der Waals surface area contributed by atoms with Crippen molar-refractivity contribution in [1.29, 1.82) is 0 Å². The van der Waals surface area contributed by atoms with Gasteiger partial charge in [0.1, 0.15) is 0 Å². The Hall–Kier alpha value is -2.92. The van der Waals surface area contributed by atoms with Crippen LogP contribution in [0.25, 0.3) is 10.9 Å². The molecule has 0 spiro atoms. The summed E-state index contributed by atoms with van der Waals surface area (Å²) in [6.45, 7) is 4.61. The Morgan fingerprint density at radius 1 is 1.14 bits per heavy atom. The monoisotopic (exact) mass is 378 g/mol. The van der Waals surface area contributed by atoms with Crippen LogP contribution in [0.2, 0.25) is 0 Å². The number of nitrogens with one attached hydrogen (secondary N) is 1. The fraction of sp³-hybridized carbons (Fsp3) is 0.304. The van der Waals surface area contributed by atoms with Gasteiger partial charge in [0.25, 0.3) is 11.5 Å². The molecule has 1 amide bonds. The van der Waals surface area contributed by atoms with Crippen molar-refractivity contribution in [3.05, 3.63) is 81.1 Å². The zero-order chi connectivity index (χ0) is 20.1. The number of H-pyrrole nitrogens is 1. The van der Waals surface area contributed by atoms with E-state index in [1.165, 1.54) is 5.56 Å². The Morgan fingerprint density at radius 2 is 1.96 bits per heavy atom. The van der Waals surface area contributed by atoms with Gasteiger partial charge in [0, 0.05) is 29.8 Å². The topological polar surface area (TPSA) is 73.4 Å². The first-order valence-electron chi connectivity index (χ1n) is 9.63. The summed E-state index contributed by atoms with van der Waals surface area (Å²) in [5.41, 5.74) is 3.92. The predicted molar refractivity (Wildman–Crippen MR) is 112 cm³/mol. The molecule has 1 aromatic heterocycles. The van der Waals surface area contributed by atoms with E-state index < -0.39 is 0 Å². The lowest BCUT2D eigenvalue weighted by Gasteiger charge is -2.22. The Kier molecular flexibility index (Phi) is 6.26. The number of fused-ring (bicyclic) bond motifs is 1. The number of benzene rings is 2. The van der Waals surface area contributed by atoms with E-state index in [0.29, 0.717) is 24.1 Å². The molecule has 3 rings (SSSR count). The summed E-state index contributed by atoms with van der Waals surface area (Å²) in [7, 11) is 0. The molecule has 0 saturated carbocycles. The number of carbonyl (C=O) groups is 1. The first kappa shape index (κ1) is 19.8. The number of nitrogens with zero attached hydrogens (tertiary/aromatic N) is 1. The lowest BCUT2D eigenvalue weighted by atomic mass is 10.1. The standard InChI is InChI=1S/C23H26N2O3/c1-3-17-8-9-21-19(13-17)14-20(22(27)24-21)15-25(10-5-11-26)23(28)18-7-4-6-16(2)12-18/h4,6-9,12-14,26H,3,5,10-11,15H2,1-2H3,(H,24,27). The predicted octanol–water partition coefficient (Wildman–Crippen LogP) is 3.42. The Balaban J connectivity index is 1.94. The Bertz CT molecular complexity index is 1040. The summed E-state index contributed by atoms with van der Waals surface area (Å²) in [5, 5.41) is 10.2. The molecule has 0 aliphatic heterocycles. The van der Waals surface area contributed by atoms with Gasteiger partial charge in [-0.1, -0.05) is 30.7 Å². The Labute approximate surface area is 164 Å². The molecule has 0 aliphatic carbocycles. The molecule has 5 heteroatoms. The van der Waals surface area contributed by atoms with Gasteiger partial charge in [-0.2, -0.15) is 0 Å². The molecule has 0 saturated heterocycles. The third-order valence-electron chi connectivity index (χ3n) is 4.89. The van der Waals surface area contributed by atoms with Gasteiger partial charge in [0.05, 0.1) is 6.54 Å². The van der Waals surface area contributed by atoms with E-state index in [1.54, 1.807) is 11.0 Å². The van der Waals surface area contributed by atoms with E-state index in [-0.39, 0.29) is 24.6 Å². The van der Waals surface area contributed by atoms with Crippen molar-refractivity contribution in [2.24, 2.45) is 0 Å². The molecule has 5 nitrogen and oxygen atoms in total. The van der Waals surface area contributed by atoms with E-state index in [4.69, 9.17) is 0 Å². The molecule has 0 fully saturated rings. The Morgan fingerprint density at radius 3 is 2.68 bits per heavy atom. The summed E-state index contributed by atoms with van der Waals surface area (Å²) in [4.78, 5) is 30.1. The van der Waals surface area contributed by atoms with Gasteiger partial charge >= 0.3 is 0 Å². The van der Waals surface area contributed by atoms with Crippen molar-refractivity contribution in [3.63, 3.8) is 0 Å². The maximum absolute atomic E-state index is 13.0. The van der Waals surface area contributed by atoms with Gasteiger partial charge in [-0.25, -0.2) is 0 Å². The molecule has 0 unspecified atom stereocenters. The van der Waals surface area contributed by atoms with Crippen molar-refractivity contribution in [1.82, 2.24) is 9.88 Å². The molecular formula is C23H26N2O3. The number of aryl methyl sites for hydroxylation is 2. The molecule has 2 aromatic carbocycles. The highest BCUT2D eigenvalue weighted by Crippen LogP contribution is 2.16. The largest absolute Gasteiger partial charge is 0.396 e. The molecule has 0 atom stereocenters. The fourth-order valence-electron chi connectivity index (χ4n) is 3.32. The van der Waals surface area contributed by atoms with E-state index in [0.717, 1.165) is 22.9 Å². The number of carbonyl (C=O) groups excluding carboxylic acids is 1. The van der Waals surface area contributed by atoms with Crippen molar-refractivity contribution in [2.75, 3.05) is 13.2 Å². The van der Waals surface area contributed by atoms with E-state index in [9.17, 15) is 14.7 Å². The number of aromatic amines is 1. The number of aromatic nitrogens is 1. The van der Waals surface area contributed by atoms with Crippen molar-refractivity contribution in [3.8, 4) is 0 Å². The van der Waals surface area contributed by atoms with Crippen molar-refractivity contribution >= 4 is 16.8 Å². The molecule has 146 valence electrons. The van der Waals surface area contributed by atoms with E-state index in [1.807, 2.05) is 43.3 Å². The van der Waals surface area contributed by atoms with Crippen molar-refractivity contribution in [2.45, 2.75) is 33.2 Å². The number of hydrogen-bond acceptors (Lipinski definition) is 3. The van der Waals surface area contributed by atoms with Gasteiger partial charge in [0.2, 0.25) is 0 Å². The highest BCUT2D eigenvalue weighted by atomic mass is 16.3. The number of hydrogen-bond donors (Lipinski definition) is 2. The van der Waals surface area contributed by atoms with Gasteiger partial charge < -0.3 is 15.0 Å². The summed E-state index contributed by atoms with van der Waals surface area (Å²) in [6, 6.07) is 15.3. The zero-order valence-corrected chi connectivity index (χ0v) is 16.4. The van der Waals surface area contributed by atoms with Crippen LogP contribution in [0, 0.1) is 6.92 Å². The molecule has 0 radical (unpaired) electrons. The first-order chi connectivity index (χ1) is 13.5. The number of aliphatic hydroxyl groups excluding tert-OH is 1. The van der Waals surface area contributed by atoms with Crippen LogP contribution < -0.4 is 5.56 Å². The maximum Gasteiger partial charge on any atom is 0.254 e. The molecule has 1 heterocycles. The van der Waals surface area contributed by atoms with E-state index in [2.05, 4.69) is 18.0 Å². The summed E-state index contributed by atoms with van der Waals surface area (Å²) >= 11 is 0. The van der Waals surface area contributed by atoms with Gasteiger partial charge in [-0.05, 0) is 61.0 Å². The lowest BCUT2D eigenvalue weighted by Crippen LogP contribution is -2.34. The molecule has 2 N–H and O–H groups in total. The third kappa shape index (κ3) is 4.49. The van der Waals surface area contributed by atoms with Crippen LogP contribution in [-0.4, -0.2) is 34.0 Å². The van der Waals surface area contributed by atoms with Crippen LogP contribution in [-0.2, 0) is 13.0 Å². The minimum atomic E-state index is -0.192. The summed E-state index contributed by atoms with van der Waals surface area (Å²) in [5.74, 6) is -0.140. The van der Waals surface area contributed by atoms with Crippen LogP contribution in [0.1, 0.15) is 40.4 Å². The lowest BCUT2D eigenvalue weighted by molar-refractivity contribution is 0.0731. The summed E-state index contributed by atoms with van der Waals surface area (Å²) in [6.07, 6.45) is 1.38. The fourth-order valence-corrected chi connectivity index (χ4v) is 3.32. The molecule has 28 heavy (non-hydrogen) atoms. The second-order valence-electron chi connectivity index (χ2n) is 7.07. The zero-order valence-electron chi connectivity index (χ0n) is 16.4. The number of pyridine rings is 1. The van der Waals surface area contributed by atoms with Crippen LogP contribution in [0.4, 0.5) is 0 Å². The third-order valence-corrected chi connectivity index (χ3v) is 4.89. The highest BCUT2D eigenvalue weighted by molar-refractivity contribution is 5.94. The van der Waals surface area contributed by atoms with Gasteiger partial charge in [-0.3, -0.25) is 9.59 Å². The average Bonchev–Trinajstić information content (AvgIpc) is 2.70. The average molecular weight is 378 g/mol. The molecule has 3 aromatic rings. The van der Waals surface area contributed by atoms with Crippen LogP contribution in [0.3, 0.4) is 0 Å². The second-order valence-corrected chi connectivity index (χ2v) is 7.07. The smallest absolute Gasteiger partial charge is 0.254 e. The molecule has 0 bridgehead atoms. The van der Waals surface area contributed by atoms with Crippen LogP contribution in [0.5, 0.6) is 0 Å².